The Labute approximate surface area is 71.9 Å². The molecule has 1 rings (SSSR count). The van der Waals surface area contributed by atoms with E-state index in [2.05, 4.69) is 15.0 Å². The van der Waals surface area contributed by atoms with Crippen LogP contribution in [0.2, 0.25) is 0 Å². The van der Waals surface area contributed by atoms with Crippen molar-refractivity contribution in [3.05, 3.63) is 18.0 Å². The fourth-order valence-corrected chi connectivity index (χ4v) is 0.502. The highest BCUT2D eigenvalue weighted by molar-refractivity contribution is 5.86. The maximum Gasteiger partial charge on any atom is 0.374 e. The van der Waals surface area contributed by atoms with E-state index < -0.39 is 23.6 Å². The molecule has 70 valence electrons. The second kappa shape index (κ2) is 4.07. The van der Waals surface area contributed by atoms with Crippen molar-refractivity contribution in [1.82, 2.24) is 21.1 Å². The van der Waals surface area contributed by atoms with E-state index in [1.807, 2.05) is 0 Å². The molecule has 1 aromatic rings. The van der Waals surface area contributed by atoms with E-state index >= 15 is 0 Å². The maximum absolute atomic E-state index is 10.2. The summed E-state index contributed by atoms with van der Waals surface area (Å²) in [6.45, 7) is 0. The fourth-order valence-electron chi connectivity index (χ4n) is 0.502. The van der Waals surface area contributed by atoms with E-state index in [1.165, 1.54) is 0 Å². The van der Waals surface area contributed by atoms with Crippen LogP contribution in [0.25, 0.3) is 0 Å². The summed E-state index contributed by atoms with van der Waals surface area (Å²) < 4.78 is 0. The molecule has 0 amide bonds. The second-order valence-corrected chi connectivity index (χ2v) is 1.74. The Morgan fingerprint density at radius 3 is 1.77 bits per heavy atom. The molecule has 0 bridgehead atoms. The number of rotatable bonds is 2. The van der Waals surface area contributed by atoms with Gasteiger partial charge in [-0.2, -0.15) is 4.98 Å². The summed E-state index contributed by atoms with van der Waals surface area (Å²) >= 11 is 0. The lowest BCUT2D eigenvalue weighted by Crippen LogP contribution is -2.11. The Morgan fingerprint density at radius 1 is 1.08 bits per heavy atom. The third-order valence-electron chi connectivity index (χ3n) is 0.954. The number of carboxylic acid groups (broad SMARTS) is 2. The van der Waals surface area contributed by atoms with Crippen LogP contribution in [0.15, 0.2) is 6.33 Å². The summed E-state index contributed by atoms with van der Waals surface area (Å²) in [5, 5.41) is 16.7. The summed E-state index contributed by atoms with van der Waals surface area (Å²) in [5.74, 6) is -3.94. The third-order valence-corrected chi connectivity index (χ3v) is 0.954. The number of nitrogens with zero attached hydrogens (tertiary/aromatic N) is 3. The number of carbonyl (C=O) groups is 2. The third kappa shape index (κ3) is 2.45. The molecule has 0 fully saturated rings. The van der Waals surface area contributed by atoms with Gasteiger partial charge in [0.2, 0.25) is 11.6 Å². The lowest BCUT2D eigenvalue weighted by atomic mass is 10.5. The Bertz CT molecular complexity index is 310. The molecule has 1 aromatic heterocycles. The molecule has 13 heavy (non-hydrogen) atoms. The van der Waals surface area contributed by atoms with E-state index in [0.29, 0.717) is 0 Å². The predicted molar refractivity (Wildman–Crippen MR) is 38.8 cm³/mol. The molecular weight excluding hydrogens is 180 g/mol. The molecule has 5 N–H and O–H groups in total. The Balaban J connectivity index is 0.00000144. The van der Waals surface area contributed by atoms with Gasteiger partial charge in [-0.25, -0.2) is 19.6 Å². The monoisotopic (exact) mass is 186 g/mol. The van der Waals surface area contributed by atoms with E-state index in [9.17, 15) is 9.59 Å². The first-order valence-corrected chi connectivity index (χ1v) is 2.77. The first-order chi connectivity index (χ1) is 5.61. The van der Waals surface area contributed by atoms with Crippen molar-refractivity contribution < 1.29 is 19.8 Å². The topological polar surface area (TPSA) is 148 Å². The SMILES string of the molecule is N.O=C(O)c1ncnc(C(=O)O)n1. The van der Waals surface area contributed by atoms with E-state index in [1.54, 1.807) is 0 Å². The summed E-state index contributed by atoms with van der Waals surface area (Å²) in [6, 6.07) is 0. The number of hydrogen-bond acceptors (Lipinski definition) is 6. The van der Waals surface area contributed by atoms with Crippen molar-refractivity contribution in [3.63, 3.8) is 0 Å². The lowest BCUT2D eigenvalue weighted by molar-refractivity contribution is 0.0674. The Hall–Kier alpha value is -2.09. The van der Waals surface area contributed by atoms with Crippen LogP contribution < -0.4 is 6.15 Å². The Kier molecular flexibility index (Phi) is 3.41. The average molecular weight is 186 g/mol. The van der Waals surface area contributed by atoms with Gasteiger partial charge in [0, 0.05) is 0 Å². The zero-order valence-electron chi connectivity index (χ0n) is 6.34. The molecule has 0 aliphatic carbocycles. The molecule has 0 aromatic carbocycles. The highest BCUT2D eigenvalue weighted by atomic mass is 16.4. The second-order valence-electron chi connectivity index (χ2n) is 1.74. The molecule has 1 heterocycles. The summed E-state index contributed by atoms with van der Waals surface area (Å²) in [7, 11) is 0. The molecular formula is C5H6N4O4. The van der Waals surface area contributed by atoms with Gasteiger partial charge in [-0.15, -0.1) is 0 Å². The molecule has 0 radical (unpaired) electrons. The number of hydrogen-bond donors (Lipinski definition) is 3. The van der Waals surface area contributed by atoms with Crippen molar-refractivity contribution in [3.8, 4) is 0 Å². The Morgan fingerprint density at radius 2 is 1.46 bits per heavy atom. The lowest BCUT2D eigenvalue weighted by Gasteiger charge is -1.92. The molecule has 0 saturated heterocycles. The van der Waals surface area contributed by atoms with Crippen LogP contribution in [0, 0.1) is 0 Å². The molecule has 0 unspecified atom stereocenters. The molecule has 0 spiro atoms. The van der Waals surface area contributed by atoms with Crippen LogP contribution in [0.4, 0.5) is 0 Å². The van der Waals surface area contributed by atoms with Gasteiger partial charge < -0.3 is 16.4 Å². The quantitative estimate of drug-likeness (QED) is 0.555. The highest BCUT2D eigenvalue weighted by Gasteiger charge is 2.11. The molecule has 8 nitrogen and oxygen atoms in total. The standard InChI is InChI=1S/C5H3N3O4.H3N/c9-4(10)2-6-1-7-3(8-2)5(11)12;/h1H,(H,9,10)(H,11,12);1H3. The predicted octanol–water partition coefficient (Wildman–Crippen LogP) is -0.570. The zero-order valence-corrected chi connectivity index (χ0v) is 6.34. The van der Waals surface area contributed by atoms with Gasteiger partial charge in [0.05, 0.1) is 0 Å². The highest BCUT2D eigenvalue weighted by Crippen LogP contribution is 1.90. The van der Waals surface area contributed by atoms with Crippen molar-refractivity contribution in [2.45, 2.75) is 0 Å². The van der Waals surface area contributed by atoms with Gasteiger partial charge in [0.1, 0.15) is 6.33 Å². The van der Waals surface area contributed by atoms with E-state index in [4.69, 9.17) is 10.2 Å². The molecule has 8 heteroatoms. The van der Waals surface area contributed by atoms with Gasteiger partial charge in [-0.1, -0.05) is 0 Å². The largest absolute Gasteiger partial charge is 0.475 e. The van der Waals surface area contributed by atoms with Crippen LogP contribution in [0.3, 0.4) is 0 Å². The van der Waals surface area contributed by atoms with Crippen LogP contribution in [0.1, 0.15) is 21.2 Å². The number of aromatic nitrogens is 3. The zero-order chi connectivity index (χ0) is 9.14. The fraction of sp³-hybridized carbons (Fsp3) is 0. The van der Waals surface area contributed by atoms with Crippen LogP contribution in [-0.2, 0) is 0 Å². The van der Waals surface area contributed by atoms with Gasteiger partial charge in [-0.05, 0) is 0 Å². The molecule has 0 atom stereocenters. The van der Waals surface area contributed by atoms with Crippen LogP contribution in [0.5, 0.6) is 0 Å². The summed E-state index contributed by atoms with van der Waals surface area (Å²) in [5.41, 5.74) is 0. The molecule has 0 saturated carbocycles. The molecule has 0 aliphatic rings. The summed E-state index contributed by atoms with van der Waals surface area (Å²) in [4.78, 5) is 30.1. The van der Waals surface area contributed by atoms with E-state index in [-0.39, 0.29) is 6.15 Å². The minimum absolute atomic E-state index is 0. The first-order valence-electron chi connectivity index (χ1n) is 2.77. The number of carboxylic acids is 2. The van der Waals surface area contributed by atoms with Crippen molar-refractivity contribution in [2.75, 3.05) is 0 Å². The van der Waals surface area contributed by atoms with Crippen molar-refractivity contribution in [1.29, 1.82) is 0 Å². The number of aromatic carboxylic acids is 2. The van der Waals surface area contributed by atoms with Gasteiger partial charge in [-0.3, -0.25) is 0 Å². The van der Waals surface area contributed by atoms with Gasteiger partial charge >= 0.3 is 11.9 Å². The van der Waals surface area contributed by atoms with Gasteiger partial charge in [0.15, 0.2) is 0 Å². The first kappa shape index (κ1) is 10.9. The van der Waals surface area contributed by atoms with Crippen LogP contribution in [-0.4, -0.2) is 37.1 Å². The normalized spacial score (nSPS) is 8.62. The smallest absolute Gasteiger partial charge is 0.374 e. The maximum atomic E-state index is 10.2. The van der Waals surface area contributed by atoms with Crippen molar-refractivity contribution in [2.24, 2.45) is 0 Å². The minimum atomic E-state index is -1.39. The average Bonchev–Trinajstić information content (AvgIpc) is 2.04. The van der Waals surface area contributed by atoms with Crippen LogP contribution >= 0.6 is 0 Å². The van der Waals surface area contributed by atoms with Gasteiger partial charge in [0.25, 0.3) is 0 Å². The minimum Gasteiger partial charge on any atom is -0.475 e. The van der Waals surface area contributed by atoms with E-state index in [0.717, 1.165) is 6.33 Å². The summed E-state index contributed by atoms with van der Waals surface area (Å²) in [6.07, 6.45) is 0.833. The molecule has 0 aliphatic heterocycles. The van der Waals surface area contributed by atoms with Crippen molar-refractivity contribution >= 4 is 11.9 Å².